The van der Waals surface area contributed by atoms with Crippen LogP contribution in [0.25, 0.3) is 0 Å². The van der Waals surface area contributed by atoms with Crippen LogP contribution < -0.4 is 20.1 Å². The van der Waals surface area contributed by atoms with Gasteiger partial charge in [0.2, 0.25) is 5.91 Å². The van der Waals surface area contributed by atoms with Crippen molar-refractivity contribution in [1.29, 1.82) is 0 Å². The van der Waals surface area contributed by atoms with E-state index in [0.29, 0.717) is 37.4 Å². The Hall–Kier alpha value is -1.79. The van der Waals surface area contributed by atoms with Gasteiger partial charge in [0, 0.05) is 13.1 Å². The lowest BCUT2D eigenvalue weighted by molar-refractivity contribution is -0.122. The molecular weight excluding hydrogens is 272 g/mol. The number of hydrogen-bond donors (Lipinski definition) is 3. The molecule has 6 nitrogen and oxygen atoms in total. The SMILES string of the molecule is COc1ccc(CCNC(=O)[C@@H]2C[C@H](O)CN2)cc1OC. The third-order valence-corrected chi connectivity index (χ3v) is 3.59. The largest absolute Gasteiger partial charge is 0.493 e. The van der Waals surface area contributed by atoms with E-state index in [1.807, 2.05) is 18.2 Å². The van der Waals surface area contributed by atoms with Crippen LogP contribution in [0.1, 0.15) is 12.0 Å². The first kappa shape index (κ1) is 15.6. The molecule has 0 spiro atoms. The molecule has 2 rings (SSSR count). The van der Waals surface area contributed by atoms with E-state index >= 15 is 0 Å². The van der Waals surface area contributed by atoms with Crippen molar-refractivity contribution in [3.05, 3.63) is 23.8 Å². The number of hydrogen-bond acceptors (Lipinski definition) is 5. The number of carbonyl (C=O) groups excluding carboxylic acids is 1. The first-order chi connectivity index (χ1) is 10.1. The lowest BCUT2D eigenvalue weighted by atomic mass is 10.1. The highest BCUT2D eigenvalue weighted by atomic mass is 16.5. The predicted octanol–water partition coefficient (Wildman–Crippen LogP) is 0.0853. The zero-order valence-electron chi connectivity index (χ0n) is 12.4. The van der Waals surface area contributed by atoms with Crippen molar-refractivity contribution in [2.75, 3.05) is 27.3 Å². The van der Waals surface area contributed by atoms with Crippen LogP contribution in [-0.2, 0) is 11.2 Å². The number of β-amino-alcohol motifs (C(OH)–C–C–N with tert-alkyl or cyclic N) is 1. The molecule has 2 atom stereocenters. The van der Waals surface area contributed by atoms with Crippen molar-refractivity contribution in [1.82, 2.24) is 10.6 Å². The Kier molecular flexibility index (Phi) is 5.41. The van der Waals surface area contributed by atoms with Gasteiger partial charge in [-0.15, -0.1) is 0 Å². The Bertz CT molecular complexity index is 493. The summed E-state index contributed by atoms with van der Waals surface area (Å²) in [6.45, 7) is 1.02. The maximum absolute atomic E-state index is 11.9. The van der Waals surface area contributed by atoms with Crippen molar-refractivity contribution in [3.8, 4) is 11.5 Å². The van der Waals surface area contributed by atoms with E-state index in [0.717, 1.165) is 5.56 Å². The Labute approximate surface area is 124 Å². The number of aliphatic hydroxyl groups is 1. The second-order valence-electron chi connectivity index (χ2n) is 5.08. The first-order valence-electron chi connectivity index (χ1n) is 7.04. The maximum atomic E-state index is 11.9. The minimum Gasteiger partial charge on any atom is -0.493 e. The average molecular weight is 294 g/mol. The summed E-state index contributed by atoms with van der Waals surface area (Å²) in [5.41, 5.74) is 1.06. The van der Waals surface area contributed by atoms with Crippen LogP contribution in [0, 0.1) is 0 Å². The summed E-state index contributed by atoms with van der Waals surface area (Å²) < 4.78 is 10.4. The topological polar surface area (TPSA) is 79.8 Å². The highest BCUT2D eigenvalue weighted by molar-refractivity contribution is 5.82. The molecule has 0 radical (unpaired) electrons. The lowest BCUT2D eigenvalue weighted by Crippen LogP contribution is -2.41. The lowest BCUT2D eigenvalue weighted by Gasteiger charge is -2.12. The molecule has 1 aromatic carbocycles. The zero-order valence-corrected chi connectivity index (χ0v) is 12.4. The Morgan fingerprint density at radius 2 is 2.14 bits per heavy atom. The van der Waals surface area contributed by atoms with Crippen LogP contribution in [0.3, 0.4) is 0 Å². The van der Waals surface area contributed by atoms with Gasteiger partial charge in [-0.3, -0.25) is 4.79 Å². The normalized spacial score (nSPS) is 21.1. The fraction of sp³-hybridized carbons (Fsp3) is 0.533. The number of amides is 1. The summed E-state index contributed by atoms with van der Waals surface area (Å²) in [6, 6.07) is 5.42. The molecule has 1 aliphatic heterocycles. The van der Waals surface area contributed by atoms with Crippen molar-refractivity contribution in [2.24, 2.45) is 0 Å². The van der Waals surface area contributed by atoms with Gasteiger partial charge >= 0.3 is 0 Å². The second-order valence-corrected chi connectivity index (χ2v) is 5.08. The van der Waals surface area contributed by atoms with Gasteiger partial charge in [-0.05, 0) is 30.5 Å². The molecule has 0 saturated carbocycles. The molecule has 116 valence electrons. The molecule has 0 aliphatic carbocycles. The molecule has 0 aromatic heterocycles. The molecule has 1 aliphatic rings. The number of aliphatic hydroxyl groups excluding tert-OH is 1. The van der Waals surface area contributed by atoms with E-state index < -0.39 is 6.10 Å². The fourth-order valence-corrected chi connectivity index (χ4v) is 2.41. The maximum Gasteiger partial charge on any atom is 0.237 e. The minimum atomic E-state index is -0.424. The first-order valence-corrected chi connectivity index (χ1v) is 7.04. The van der Waals surface area contributed by atoms with Crippen molar-refractivity contribution >= 4 is 5.91 Å². The quantitative estimate of drug-likeness (QED) is 0.693. The summed E-state index contributed by atoms with van der Waals surface area (Å²) in [4.78, 5) is 11.9. The van der Waals surface area contributed by atoms with Crippen LogP contribution in [0.4, 0.5) is 0 Å². The second kappa shape index (κ2) is 7.28. The van der Waals surface area contributed by atoms with Gasteiger partial charge in [-0.1, -0.05) is 6.07 Å². The van der Waals surface area contributed by atoms with Gasteiger partial charge in [0.05, 0.1) is 26.4 Å². The van der Waals surface area contributed by atoms with Gasteiger partial charge in [0.25, 0.3) is 0 Å². The Morgan fingerprint density at radius 1 is 1.38 bits per heavy atom. The van der Waals surface area contributed by atoms with Crippen LogP contribution in [-0.4, -0.2) is 50.5 Å². The van der Waals surface area contributed by atoms with Crippen LogP contribution >= 0.6 is 0 Å². The van der Waals surface area contributed by atoms with E-state index in [1.165, 1.54) is 0 Å². The number of nitrogens with one attached hydrogen (secondary N) is 2. The van der Waals surface area contributed by atoms with Crippen LogP contribution in [0.15, 0.2) is 18.2 Å². The molecule has 1 saturated heterocycles. The molecule has 0 bridgehead atoms. The van der Waals surface area contributed by atoms with E-state index in [-0.39, 0.29) is 11.9 Å². The molecule has 1 aromatic rings. The van der Waals surface area contributed by atoms with Crippen molar-refractivity contribution in [3.63, 3.8) is 0 Å². The van der Waals surface area contributed by atoms with Crippen LogP contribution in [0.2, 0.25) is 0 Å². The zero-order chi connectivity index (χ0) is 15.2. The Morgan fingerprint density at radius 3 is 2.76 bits per heavy atom. The van der Waals surface area contributed by atoms with E-state index in [4.69, 9.17) is 9.47 Å². The van der Waals surface area contributed by atoms with Gasteiger partial charge in [-0.25, -0.2) is 0 Å². The summed E-state index contributed by atoms with van der Waals surface area (Å²) in [5, 5.41) is 15.3. The number of rotatable bonds is 6. The molecule has 0 unspecified atom stereocenters. The smallest absolute Gasteiger partial charge is 0.237 e. The summed E-state index contributed by atoms with van der Waals surface area (Å²) in [6.07, 6.45) is 0.760. The fourth-order valence-electron chi connectivity index (χ4n) is 2.41. The molecule has 1 heterocycles. The van der Waals surface area contributed by atoms with E-state index in [9.17, 15) is 9.90 Å². The van der Waals surface area contributed by atoms with Crippen LogP contribution in [0.5, 0.6) is 11.5 Å². The molecule has 3 N–H and O–H groups in total. The summed E-state index contributed by atoms with van der Waals surface area (Å²) >= 11 is 0. The van der Waals surface area contributed by atoms with Crippen molar-refractivity contribution < 1.29 is 19.4 Å². The molecular formula is C15H22N2O4. The average Bonchev–Trinajstić information content (AvgIpc) is 2.93. The summed E-state index contributed by atoms with van der Waals surface area (Å²) in [7, 11) is 3.20. The van der Waals surface area contributed by atoms with Gasteiger partial charge < -0.3 is 25.2 Å². The molecule has 21 heavy (non-hydrogen) atoms. The molecule has 1 fully saturated rings. The third-order valence-electron chi connectivity index (χ3n) is 3.59. The summed E-state index contributed by atoms with van der Waals surface area (Å²) in [5.74, 6) is 1.31. The van der Waals surface area contributed by atoms with Crippen molar-refractivity contribution in [2.45, 2.75) is 25.0 Å². The number of methoxy groups -OCH3 is 2. The number of benzene rings is 1. The monoisotopic (exact) mass is 294 g/mol. The third kappa shape index (κ3) is 4.09. The minimum absolute atomic E-state index is 0.0629. The number of ether oxygens (including phenoxy) is 2. The van der Waals surface area contributed by atoms with Gasteiger partial charge in [-0.2, -0.15) is 0 Å². The molecule has 1 amide bonds. The highest BCUT2D eigenvalue weighted by Gasteiger charge is 2.27. The standard InChI is InChI=1S/C15H22N2O4/c1-20-13-4-3-10(7-14(13)21-2)5-6-16-15(19)12-8-11(18)9-17-12/h3-4,7,11-12,17-18H,5-6,8-9H2,1-2H3,(H,16,19)/t11-,12-/m0/s1. The van der Waals surface area contributed by atoms with E-state index in [1.54, 1.807) is 14.2 Å². The highest BCUT2D eigenvalue weighted by Crippen LogP contribution is 2.27. The predicted molar refractivity (Wildman–Crippen MR) is 78.7 cm³/mol. The van der Waals surface area contributed by atoms with Gasteiger partial charge in [0.15, 0.2) is 11.5 Å². The Balaban J connectivity index is 1.82. The number of carbonyl (C=O) groups is 1. The van der Waals surface area contributed by atoms with E-state index in [2.05, 4.69) is 10.6 Å². The van der Waals surface area contributed by atoms with Gasteiger partial charge in [0.1, 0.15) is 0 Å². The molecule has 6 heteroatoms.